The van der Waals surface area contributed by atoms with E-state index in [1.807, 2.05) is 6.07 Å². The molecule has 1 unspecified atom stereocenters. The summed E-state index contributed by atoms with van der Waals surface area (Å²) in [7, 11) is 1.75. The van der Waals surface area contributed by atoms with Gasteiger partial charge in [-0.25, -0.2) is 0 Å². The van der Waals surface area contributed by atoms with Gasteiger partial charge in [0.15, 0.2) is 0 Å². The van der Waals surface area contributed by atoms with E-state index in [4.69, 9.17) is 16.3 Å². The van der Waals surface area contributed by atoms with Gasteiger partial charge in [0, 0.05) is 43.0 Å². The van der Waals surface area contributed by atoms with Crippen LogP contribution in [0.1, 0.15) is 32.3 Å². The monoisotopic (exact) mass is 296 g/mol. The van der Waals surface area contributed by atoms with E-state index in [0.29, 0.717) is 12.1 Å². The van der Waals surface area contributed by atoms with Crippen molar-refractivity contribution in [1.29, 1.82) is 0 Å². The Morgan fingerprint density at radius 2 is 2.20 bits per heavy atom. The van der Waals surface area contributed by atoms with E-state index in [-0.39, 0.29) is 0 Å². The van der Waals surface area contributed by atoms with E-state index in [1.165, 1.54) is 24.1 Å². The van der Waals surface area contributed by atoms with Crippen LogP contribution in [-0.4, -0.2) is 32.3 Å². The number of hydrogen-bond acceptors (Lipinski definition) is 3. The molecule has 0 bridgehead atoms. The fourth-order valence-corrected chi connectivity index (χ4v) is 2.71. The fraction of sp³-hybridized carbons (Fsp3) is 0.625. The van der Waals surface area contributed by atoms with E-state index in [1.54, 1.807) is 7.11 Å². The molecule has 0 amide bonds. The average molecular weight is 297 g/mol. The Morgan fingerprint density at radius 3 is 2.80 bits per heavy atom. The number of likely N-dealkylation sites (N-methyl/N-ethyl adjacent to an activating group) is 1. The quantitative estimate of drug-likeness (QED) is 0.795. The zero-order valence-corrected chi connectivity index (χ0v) is 13.4. The summed E-state index contributed by atoms with van der Waals surface area (Å²) in [4.78, 5) is 2.36. The molecule has 0 spiro atoms. The maximum Gasteiger partial charge on any atom is 0.0663 e. The zero-order valence-electron chi connectivity index (χ0n) is 12.7. The van der Waals surface area contributed by atoms with Crippen molar-refractivity contribution >= 4 is 17.3 Å². The molecular formula is C16H25ClN2O. The van der Waals surface area contributed by atoms with E-state index < -0.39 is 0 Å². The summed E-state index contributed by atoms with van der Waals surface area (Å²) in [5.41, 5.74) is 2.53. The second-order valence-electron chi connectivity index (χ2n) is 5.52. The molecular weight excluding hydrogens is 272 g/mol. The number of benzene rings is 1. The van der Waals surface area contributed by atoms with Crippen LogP contribution in [0.4, 0.5) is 5.69 Å². The van der Waals surface area contributed by atoms with Crippen molar-refractivity contribution in [3.05, 3.63) is 28.8 Å². The van der Waals surface area contributed by atoms with Crippen LogP contribution in [0.25, 0.3) is 0 Å². The minimum Gasteiger partial charge on any atom is -0.383 e. The Balaban J connectivity index is 2.18. The van der Waals surface area contributed by atoms with Crippen LogP contribution in [0.2, 0.25) is 5.02 Å². The van der Waals surface area contributed by atoms with Crippen LogP contribution in [-0.2, 0) is 11.3 Å². The number of hydrogen-bond donors (Lipinski definition) is 1. The molecule has 1 fully saturated rings. The Hall–Kier alpha value is -0.770. The van der Waals surface area contributed by atoms with E-state index >= 15 is 0 Å². The molecule has 1 aliphatic rings. The lowest BCUT2D eigenvalue weighted by atomic mass is 10.1. The van der Waals surface area contributed by atoms with Gasteiger partial charge in [-0.1, -0.05) is 17.7 Å². The highest BCUT2D eigenvalue weighted by molar-refractivity contribution is 6.30. The minimum atomic E-state index is 0.336. The number of rotatable bonds is 8. The summed E-state index contributed by atoms with van der Waals surface area (Å²) in [6.45, 7) is 6.93. The van der Waals surface area contributed by atoms with Crippen molar-refractivity contribution in [1.82, 2.24) is 5.32 Å². The fourth-order valence-electron chi connectivity index (χ4n) is 2.55. The highest BCUT2D eigenvalue weighted by atomic mass is 35.5. The lowest BCUT2D eigenvalue weighted by Crippen LogP contribution is -2.37. The molecule has 4 heteroatoms. The molecule has 0 aliphatic heterocycles. The third-order valence-electron chi connectivity index (χ3n) is 3.80. The van der Waals surface area contributed by atoms with Crippen LogP contribution in [0.5, 0.6) is 0 Å². The van der Waals surface area contributed by atoms with Crippen LogP contribution in [0.15, 0.2) is 18.2 Å². The van der Waals surface area contributed by atoms with E-state index in [9.17, 15) is 0 Å². The number of nitrogens with zero attached hydrogens (tertiary/aromatic N) is 1. The van der Waals surface area contributed by atoms with Crippen molar-refractivity contribution in [3.63, 3.8) is 0 Å². The van der Waals surface area contributed by atoms with Gasteiger partial charge in [-0.05, 0) is 44.4 Å². The Kier molecular flexibility index (Phi) is 5.70. The topological polar surface area (TPSA) is 24.5 Å². The normalized spacial score (nSPS) is 16.2. The summed E-state index contributed by atoms with van der Waals surface area (Å²) in [6.07, 6.45) is 2.61. The van der Waals surface area contributed by atoms with Crippen molar-refractivity contribution in [2.45, 2.75) is 45.3 Å². The zero-order chi connectivity index (χ0) is 14.5. The molecule has 3 nitrogen and oxygen atoms in total. The molecule has 20 heavy (non-hydrogen) atoms. The van der Waals surface area contributed by atoms with Gasteiger partial charge < -0.3 is 15.0 Å². The van der Waals surface area contributed by atoms with Gasteiger partial charge in [-0.15, -0.1) is 0 Å². The predicted octanol–water partition coefficient (Wildman–Crippen LogP) is 3.45. The first-order valence-corrected chi connectivity index (χ1v) is 7.80. The maximum absolute atomic E-state index is 6.20. The summed E-state index contributed by atoms with van der Waals surface area (Å²) in [5.74, 6) is 0. The molecule has 112 valence electrons. The van der Waals surface area contributed by atoms with Crippen LogP contribution < -0.4 is 10.2 Å². The molecule has 1 aliphatic carbocycles. The van der Waals surface area contributed by atoms with Gasteiger partial charge in [0.2, 0.25) is 0 Å². The van der Waals surface area contributed by atoms with E-state index in [0.717, 1.165) is 24.7 Å². The van der Waals surface area contributed by atoms with Crippen molar-refractivity contribution in [2.75, 3.05) is 25.2 Å². The molecule has 2 rings (SSSR count). The van der Waals surface area contributed by atoms with E-state index in [2.05, 4.69) is 36.2 Å². The first-order valence-electron chi connectivity index (χ1n) is 7.43. The molecule has 0 aromatic heterocycles. The summed E-state index contributed by atoms with van der Waals surface area (Å²) in [5, 5.41) is 4.37. The largest absolute Gasteiger partial charge is 0.383 e. The standard InChI is InChI=1S/C16H25ClN2O/c1-4-19(12(2)11-20-3)16-9-14(17)6-5-13(16)10-18-15-7-8-15/h5-6,9,12,15,18H,4,7-8,10-11H2,1-3H3. The summed E-state index contributed by atoms with van der Waals surface area (Å²) in [6, 6.07) is 7.23. The highest BCUT2D eigenvalue weighted by Gasteiger charge is 2.22. The Bertz CT molecular complexity index is 434. The van der Waals surface area contributed by atoms with Crippen LogP contribution >= 0.6 is 11.6 Å². The second-order valence-corrected chi connectivity index (χ2v) is 5.96. The lowest BCUT2D eigenvalue weighted by Gasteiger charge is -2.32. The number of ether oxygens (including phenoxy) is 1. The second kappa shape index (κ2) is 7.30. The van der Waals surface area contributed by atoms with Crippen LogP contribution in [0, 0.1) is 0 Å². The maximum atomic E-state index is 6.20. The third kappa shape index (κ3) is 4.11. The Labute approximate surface area is 127 Å². The lowest BCUT2D eigenvalue weighted by molar-refractivity contribution is 0.182. The van der Waals surface area contributed by atoms with Crippen molar-refractivity contribution in [3.8, 4) is 0 Å². The highest BCUT2D eigenvalue weighted by Crippen LogP contribution is 2.28. The SMILES string of the molecule is CCN(c1cc(Cl)ccc1CNC1CC1)C(C)COC. The number of anilines is 1. The molecule has 1 atom stereocenters. The minimum absolute atomic E-state index is 0.336. The van der Waals surface area contributed by atoms with Gasteiger partial charge in [0.05, 0.1) is 6.61 Å². The van der Waals surface area contributed by atoms with Gasteiger partial charge in [0.25, 0.3) is 0 Å². The molecule has 0 heterocycles. The molecule has 1 N–H and O–H groups in total. The van der Waals surface area contributed by atoms with Gasteiger partial charge in [-0.3, -0.25) is 0 Å². The van der Waals surface area contributed by atoms with Crippen LogP contribution in [0.3, 0.4) is 0 Å². The van der Waals surface area contributed by atoms with Crippen molar-refractivity contribution < 1.29 is 4.74 Å². The molecule has 1 aromatic rings. The number of nitrogens with one attached hydrogen (secondary N) is 1. The summed E-state index contributed by atoms with van der Waals surface area (Å²) >= 11 is 6.20. The first kappa shape index (κ1) is 15.6. The number of methoxy groups -OCH3 is 1. The molecule has 1 aromatic carbocycles. The predicted molar refractivity (Wildman–Crippen MR) is 85.7 cm³/mol. The smallest absolute Gasteiger partial charge is 0.0663 e. The molecule has 1 saturated carbocycles. The molecule has 0 saturated heterocycles. The first-order chi connectivity index (χ1) is 9.65. The Morgan fingerprint density at radius 1 is 1.45 bits per heavy atom. The average Bonchev–Trinajstić information content (AvgIpc) is 3.23. The van der Waals surface area contributed by atoms with Gasteiger partial charge in [0.1, 0.15) is 0 Å². The van der Waals surface area contributed by atoms with Gasteiger partial charge >= 0.3 is 0 Å². The van der Waals surface area contributed by atoms with Gasteiger partial charge in [-0.2, -0.15) is 0 Å². The third-order valence-corrected chi connectivity index (χ3v) is 4.03. The molecule has 0 radical (unpaired) electrons. The number of halogens is 1. The van der Waals surface area contributed by atoms with Crippen molar-refractivity contribution in [2.24, 2.45) is 0 Å². The summed E-state index contributed by atoms with van der Waals surface area (Å²) < 4.78 is 5.30.